The average molecular weight is 549 g/mol. The van der Waals surface area contributed by atoms with Gasteiger partial charge in [-0.1, -0.05) is 0 Å². The quantitative estimate of drug-likeness (QED) is 0.326. The van der Waals surface area contributed by atoms with Gasteiger partial charge < -0.3 is 19.1 Å². The van der Waals surface area contributed by atoms with Gasteiger partial charge in [-0.3, -0.25) is 14.4 Å². The molecule has 2 aliphatic rings. The lowest BCUT2D eigenvalue weighted by molar-refractivity contribution is -0.241. The Morgan fingerprint density at radius 2 is 1.58 bits per heavy atom. The Labute approximate surface area is 211 Å². The van der Waals surface area contributed by atoms with Crippen molar-refractivity contribution in [3.05, 3.63) is 58.9 Å². The molecule has 3 heterocycles. The van der Waals surface area contributed by atoms with Gasteiger partial charge in [0.25, 0.3) is 5.91 Å². The van der Waals surface area contributed by atoms with Crippen molar-refractivity contribution in [2.24, 2.45) is 17.9 Å². The van der Waals surface area contributed by atoms with Gasteiger partial charge in [-0.05, 0) is 19.1 Å². The highest BCUT2D eigenvalue weighted by molar-refractivity contribution is 5.94. The number of aryl methyl sites for hydroxylation is 1. The van der Waals surface area contributed by atoms with Gasteiger partial charge in [0.15, 0.2) is 11.6 Å². The Morgan fingerprint density at radius 1 is 0.974 bits per heavy atom. The number of fused-ring (bicyclic) bond motifs is 1. The number of alkyl halides is 3. The molecular weight excluding hydrogens is 527 g/mol. The highest BCUT2D eigenvalue weighted by Gasteiger charge is 2.78. The van der Waals surface area contributed by atoms with Crippen LogP contribution in [0.15, 0.2) is 24.4 Å². The van der Waals surface area contributed by atoms with E-state index in [1.54, 1.807) is 0 Å². The van der Waals surface area contributed by atoms with Crippen LogP contribution in [-0.2, 0) is 27.8 Å². The molecule has 0 radical (unpaired) electrons. The number of hydrogen-bond acceptors (Lipinski definition) is 4. The Balaban J connectivity index is 1.73. The molecule has 206 valence electrons. The van der Waals surface area contributed by atoms with E-state index in [0.29, 0.717) is 17.0 Å². The number of aromatic nitrogens is 1. The first-order valence-electron chi connectivity index (χ1n) is 11.4. The summed E-state index contributed by atoms with van der Waals surface area (Å²) in [6.45, 7) is -2.83. The van der Waals surface area contributed by atoms with Crippen LogP contribution in [0.25, 0.3) is 0 Å². The molecule has 0 spiro atoms. The molecule has 0 saturated carbocycles. The monoisotopic (exact) mass is 549 g/mol. The fourth-order valence-corrected chi connectivity index (χ4v) is 5.38. The van der Waals surface area contributed by atoms with E-state index >= 15 is 0 Å². The van der Waals surface area contributed by atoms with E-state index in [9.17, 15) is 45.1 Å². The SMILES string of the molecule is CCOC(=O)C12CN(C(=O)Cc3c(F)ccc(F)c3F)CC1(C(F)(F)F)CN(C(=O)c1cc(F)cn1C)C2. The Bertz CT molecular complexity index is 1310. The molecule has 0 bridgehead atoms. The minimum absolute atomic E-state index is 0.260. The van der Waals surface area contributed by atoms with Gasteiger partial charge in [-0.25, -0.2) is 17.6 Å². The summed E-state index contributed by atoms with van der Waals surface area (Å²) >= 11 is 0. The van der Waals surface area contributed by atoms with E-state index in [1.807, 2.05) is 0 Å². The first-order chi connectivity index (χ1) is 17.7. The lowest BCUT2D eigenvalue weighted by Crippen LogP contribution is -2.55. The third-order valence-corrected chi connectivity index (χ3v) is 7.27. The third-order valence-electron chi connectivity index (χ3n) is 7.27. The van der Waals surface area contributed by atoms with Crippen LogP contribution in [0.2, 0.25) is 0 Å². The first-order valence-corrected chi connectivity index (χ1v) is 11.4. The standard InChI is InChI=1S/C24H22F7N3O4/c1-3-38-21(37)22-9-33(18(35)7-14-15(26)4-5-16(27)19(14)28)11-23(22,24(29,30)31)12-34(10-22)20(36)17-6-13(25)8-32(17)2/h4-6,8H,3,7,9-12H2,1-2H3. The minimum atomic E-state index is -5.15. The largest absolute Gasteiger partial charge is 0.465 e. The molecule has 2 unspecified atom stereocenters. The van der Waals surface area contributed by atoms with Crippen LogP contribution in [0.5, 0.6) is 0 Å². The Kier molecular flexibility index (Phi) is 6.73. The molecule has 38 heavy (non-hydrogen) atoms. The molecule has 14 heteroatoms. The first kappa shape index (κ1) is 27.5. The van der Waals surface area contributed by atoms with Gasteiger partial charge in [0.2, 0.25) is 5.91 Å². The zero-order valence-corrected chi connectivity index (χ0v) is 20.2. The van der Waals surface area contributed by atoms with E-state index in [1.165, 1.54) is 14.0 Å². The summed E-state index contributed by atoms with van der Waals surface area (Å²) in [4.78, 5) is 40.6. The number of amides is 2. The van der Waals surface area contributed by atoms with Crippen molar-refractivity contribution in [3.8, 4) is 0 Å². The van der Waals surface area contributed by atoms with Crippen LogP contribution in [0, 0.1) is 34.1 Å². The van der Waals surface area contributed by atoms with E-state index < -0.39 is 96.2 Å². The second-order valence-corrected chi connectivity index (χ2v) is 9.45. The lowest BCUT2D eigenvalue weighted by Gasteiger charge is -2.36. The van der Waals surface area contributed by atoms with Gasteiger partial charge in [-0.2, -0.15) is 13.2 Å². The number of esters is 1. The number of benzene rings is 1. The average Bonchev–Trinajstić information content (AvgIpc) is 3.46. The molecule has 0 N–H and O–H groups in total. The number of hydrogen-bond donors (Lipinski definition) is 0. The topological polar surface area (TPSA) is 71.8 Å². The Hall–Kier alpha value is -3.58. The number of carbonyl (C=O) groups is 3. The van der Waals surface area contributed by atoms with Gasteiger partial charge in [0.1, 0.15) is 28.2 Å². The molecule has 1 aromatic carbocycles. The number of halogens is 7. The normalized spacial score (nSPS) is 23.1. The fraction of sp³-hybridized carbons (Fsp3) is 0.458. The molecule has 2 aliphatic heterocycles. The van der Waals surface area contributed by atoms with Crippen molar-refractivity contribution in [3.63, 3.8) is 0 Å². The van der Waals surface area contributed by atoms with Crippen molar-refractivity contribution >= 4 is 17.8 Å². The van der Waals surface area contributed by atoms with Crippen molar-refractivity contribution in [2.45, 2.75) is 19.5 Å². The predicted octanol–water partition coefficient (Wildman–Crippen LogP) is 3.22. The minimum Gasteiger partial charge on any atom is -0.465 e. The summed E-state index contributed by atoms with van der Waals surface area (Å²) < 4.78 is 106. The molecular formula is C24H22F7N3O4. The van der Waals surface area contributed by atoms with Crippen LogP contribution in [0.4, 0.5) is 30.7 Å². The van der Waals surface area contributed by atoms with Crippen LogP contribution >= 0.6 is 0 Å². The smallest absolute Gasteiger partial charge is 0.399 e. The second-order valence-electron chi connectivity index (χ2n) is 9.45. The summed E-state index contributed by atoms with van der Waals surface area (Å²) in [5, 5.41) is 0. The molecule has 4 rings (SSSR count). The molecule has 2 atom stereocenters. The lowest BCUT2D eigenvalue weighted by atomic mass is 9.67. The molecule has 2 aromatic rings. The maximum Gasteiger partial charge on any atom is 0.399 e. The molecule has 1 aromatic heterocycles. The van der Waals surface area contributed by atoms with Gasteiger partial charge in [0.05, 0.1) is 13.0 Å². The fourth-order valence-electron chi connectivity index (χ4n) is 5.38. The van der Waals surface area contributed by atoms with Crippen LogP contribution < -0.4 is 0 Å². The molecule has 7 nitrogen and oxygen atoms in total. The van der Waals surface area contributed by atoms with Crippen molar-refractivity contribution in [1.29, 1.82) is 0 Å². The van der Waals surface area contributed by atoms with Crippen LogP contribution in [-0.4, -0.2) is 71.1 Å². The van der Waals surface area contributed by atoms with E-state index in [-0.39, 0.29) is 12.3 Å². The zero-order valence-electron chi connectivity index (χ0n) is 20.2. The van der Waals surface area contributed by atoms with E-state index in [0.717, 1.165) is 21.7 Å². The number of nitrogens with zero attached hydrogens (tertiary/aromatic N) is 3. The number of likely N-dealkylation sites (tertiary alicyclic amines) is 2. The van der Waals surface area contributed by atoms with E-state index in [2.05, 4.69) is 0 Å². The van der Waals surface area contributed by atoms with Crippen LogP contribution in [0.3, 0.4) is 0 Å². The summed E-state index contributed by atoms with van der Waals surface area (Å²) in [5.74, 6) is -8.65. The van der Waals surface area contributed by atoms with Crippen molar-refractivity contribution in [2.75, 3.05) is 32.8 Å². The predicted molar refractivity (Wildman–Crippen MR) is 115 cm³/mol. The van der Waals surface area contributed by atoms with Gasteiger partial charge in [0, 0.05) is 51.1 Å². The summed E-state index contributed by atoms with van der Waals surface area (Å²) in [5.41, 5.74) is -6.71. The molecule has 2 fully saturated rings. The number of carbonyl (C=O) groups excluding carboxylic acids is 3. The molecule has 0 aliphatic carbocycles. The highest BCUT2D eigenvalue weighted by Crippen LogP contribution is 2.61. The summed E-state index contributed by atoms with van der Waals surface area (Å²) in [6.07, 6.45) is -5.30. The Morgan fingerprint density at radius 3 is 2.16 bits per heavy atom. The number of rotatable bonds is 5. The maximum atomic E-state index is 14.8. The second kappa shape index (κ2) is 9.31. The van der Waals surface area contributed by atoms with Crippen LogP contribution in [0.1, 0.15) is 23.0 Å². The van der Waals surface area contributed by atoms with Crippen molar-refractivity contribution in [1.82, 2.24) is 14.4 Å². The zero-order chi connectivity index (χ0) is 28.2. The third kappa shape index (κ3) is 4.09. The highest BCUT2D eigenvalue weighted by atomic mass is 19.4. The summed E-state index contributed by atoms with van der Waals surface area (Å²) in [6, 6.07) is 1.91. The van der Waals surface area contributed by atoms with Gasteiger partial charge >= 0.3 is 12.1 Å². The van der Waals surface area contributed by atoms with E-state index in [4.69, 9.17) is 4.74 Å². The maximum absolute atomic E-state index is 14.8. The number of ether oxygens (including phenoxy) is 1. The van der Waals surface area contributed by atoms with Crippen molar-refractivity contribution < 1.29 is 49.9 Å². The van der Waals surface area contributed by atoms with Gasteiger partial charge in [-0.15, -0.1) is 0 Å². The molecule has 2 amide bonds. The molecule has 2 saturated heterocycles. The summed E-state index contributed by atoms with van der Waals surface area (Å²) in [7, 11) is 1.32.